The molecule has 0 aromatic heterocycles. The van der Waals surface area contributed by atoms with Gasteiger partial charge in [-0.1, -0.05) is 44.2 Å². The van der Waals surface area contributed by atoms with Crippen LogP contribution in [0.1, 0.15) is 51.5 Å². The molecule has 144 valence electrons. The number of piperidine rings is 1. The van der Waals surface area contributed by atoms with E-state index in [9.17, 15) is 4.79 Å². The lowest BCUT2D eigenvalue weighted by molar-refractivity contribution is -0.149. The molecular formula is C22H34N2O2. The van der Waals surface area contributed by atoms with E-state index in [0.29, 0.717) is 18.4 Å². The van der Waals surface area contributed by atoms with Crippen LogP contribution in [0.5, 0.6) is 0 Å². The van der Waals surface area contributed by atoms with E-state index in [1.165, 1.54) is 5.56 Å². The van der Waals surface area contributed by atoms with E-state index in [-0.39, 0.29) is 5.60 Å². The lowest BCUT2D eigenvalue weighted by atomic mass is 9.81. The molecule has 0 saturated carbocycles. The van der Waals surface area contributed by atoms with Crippen LogP contribution in [0.2, 0.25) is 0 Å². The van der Waals surface area contributed by atoms with E-state index in [2.05, 4.69) is 35.8 Å². The lowest BCUT2D eigenvalue weighted by Crippen LogP contribution is -2.54. The minimum absolute atomic E-state index is 0.00170. The van der Waals surface area contributed by atoms with Gasteiger partial charge in [0.05, 0.1) is 5.60 Å². The molecule has 1 spiro atoms. The molecule has 1 amide bonds. The fourth-order valence-electron chi connectivity index (χ4n) is 4.62. The highest BCUT2D eigenvalue weighted by Crippen LogP contribution is 2.36. The van der Waals surface area contributed by atoms with Crippen molar-refractivity contribution in [3.63, 3.8) is 0 Å². The van der Waals surface area contributed by atoms with Crippen LogP contribution in [0.15, 0.2) is 30.3 Å². The first kappa shape index (κ1) is 19.4. The zero-order valence-corrected chi connectivity index (χ0v) is 16.5. The van der Waals surface area contributed by atoms with E-state index in [1.807, 2.05) is 18.2 Å². The average molecular weight is 359 g/mol. The Morgan fingerprint density at radius 1 is 1.19 bits per heavy atom. The predicted octanol–water partition coefficient (Wildman–Crippen LogP) is 3.50. The van der Waals surface area contributed by atoms with Crippen molar-refractivity contribution in [2.45, 2.75) is 64.0 Å². The van der Waals surface area contributed by atoms with Crippen molar-refractivity contribution < 1.29 is 9.53 Å². The second-order valence-corrected chi connectivity index (χ2v) is 7.77. The summed E-state index contributed by atoms with van der Waals surface area (Å²) in [6.07, 6.45) is 5.69. The van der Waals surface area contributed by atoms with Crippen LogP contribution < -0.4 is 0 Å². The molecule has 2 heterocycles. The van der Waals surface area contributed by atoms with Gasteiger partial charge in [-0.25, -0.2) is 0 Å². The van der Waals surface area contributed by atoms with Gasteiger partial charge in [0.15, 0.2) is 0 Å². The highest BCUT2D eigenvalue weighted by Gasteiger charge is 2.42. The molecule has 2 aliphatic heterocycles. The van der Waals surface area contributed by atoms with E-state index < -0.39 is 0 Å². The van der Waals surface area contributed by atoms with Crippen LogP contribution in [0.25, 0.3) is 0 Å². The van der Waals surface area contributed by atoms with Gasteiger partial charge in [0.2, 0.25) is 5.91 Å². The zero-order chi connectivity index (χ0) is 18.4. The Labute approximate surface area is 158 Å². The summed E-state index contributed by atoms with van der Waals surface area (Å²) in [6.45, 7) is 9.28. The van der Waals surface area contributed by atoms with Crippen molar-refractivity contribution >= 4 is 5.91 Å². The van der Waals surface area contributed by atoms with Gasteiger partial charge in [-0.3, -0.25) is 4.79 Å². The molecule has 3 rings (SSSR count). The van der Waals surface area contributed by atoms with Crippen LogP contribution in [-0.2, 0) is 16.0 Å². The van der Waals surface area contributed by atoms with Crippen molar-refractivity contribution in [1.29, 1.82) is 0 Å². The molecule has 1 aromatic rings. The number of likely N-dealkylation sites (tertiary alicyclic amines) is 1. The van der Waals surface area contributed by atoms with Crippen molar-refractivity contribution in [2.75, 3.05) is 32.8 Å². The second kappa shape index (κ2) is 9.01. The van der Waals surface area contributed by atoms with Gasteiger partial charge >= 0.3 is 0 Å². The molecule has 0 aliphatic carbocycles. The standard InChI is InChI=1S/C22H34N2O2/c1-3-23(4-2)20-12-17-26-22(18-20)13-15-24(16-14-22)21(25)11-10-19-8-6-5-7-9-19/h5-9,20H,3-4,10-18H2,1-2H3. The van der Waals surface area contributed by atoms with Gasteiger partial charge in [-0.2, -0.15) is 0 Å². The Morgan fingerprint density at radius 3 is 2.54 bits per heavy atom. The van der Waals surface area contributed by atoms with Crippen LogP contribution in [0.3, 0.4) is 0 Å². The average Bonchev–Trinajstić information content (AvgIpc) is 2.69. The summed E-state index contributed by atoms with van der Waals surface area (Å²) in [6, 6.07) is 10.9. The number of ether oxygens (including phenoxy) is 1. The van der Waals surface area contributed by atoms with Gasteiger partial charge in [-0.05, 0) is 50.8 Å². The summed E-state index contributed by atoms with van der Waals surface area (Å²) in [5, 5.41) is 0. The Morgan fingerprint density at radius 2 is 1.88 bits per heavy atom. The highest BCUT2D eigenvalue weighted by molar-refractivity contribution is 5.76. The van der Waals surface area contributed by atoms with E-state index in [1.54, 1.807) is 0 Å². The number of carbonyl (C=O) groups is 1. The van der Waals surface area contributed by atoms with E-state index in [0.717, 1.165) is 64.9 Å². The molecular weight excluding hydrogens is 324 g/mol. The molecule has 26 heavy (non-hydrogen) atoms. The fraction of sp³-hybridized carbons (Fsp3) is 0.682. The quantitative estimate of drug-likeness (QED) is 0.780. The first-order valence-electron chi connectivity index (χ1n) is 10.4. The predicted molar refractivity (Wildman–Crippen MR) is 105 cm³/mol. The number of hydrogen-bond donors (Lipinski definition) is 0. The van der Waals surface area contributed by atoms with Gasteiger partial charge < -0.3 is 14.5 Å². The van der Waals surface area contributed by atoms with Crippen molar-refractivity contribution in [3.8, 4) is 0 Å². The Bertz CT molecular complexity index is 563. The molecule has 1 atom stereocenters. The van der Waals surface area contributed by atoms with Gasteiger partial charge in [0.25, 0.3) is 0 Å². The third kappa shape index (κ3) is 4.66. The van der Waals surface area contributed by atoms with Crippen molar-refractivity contribution in [1.82, 2.24) is 9.80 Å². The molecule has 0 radical (unpaired) electrons. The number of benzene rings is 1. The Kier molecular flexibility index (Phi) is 6.71. The van der Waals surface area contributed by atoms with Crippen LogP contribution in [0, 0.1) is 0 Å². The maximum absolute atomic E-state index is 12.6. The molecule has 1 unspecified atom stereocenters. The van der Waals surface area contributed by atoms with Crippen molar-refractivity contribution in [3.05, 3.63) is 35.9 Å². The summed E-state index contributed by atoms with van der Waals surface area (Å²) in [7, 11) is 0. The third-order valence-electron chi connectivity index (χ3n) is 6.29. The first-order chi connectivity index (χ1) is 12.7. The van der Waals surface area contributed by atoms with Crippen LogP contribution >= 0.6 is 0 Å². The number of hydrogen-bond acceptors (Lipinski definition) is 3. The normalized spacial score (nSPS) is 22.7. The van der Waals surface area contributed by atoms with Crippen LogP contribution in [-0.4, -0.2) is 60.1 Å². The first-order valence-corrected chi connectivity index (χ1v) is 10.4. The molecule has 2 aliphatic rings. The molecule has 4 nitrogen and oxygen atoms in total. The maximum atomic E-state index is 12.6. The fourth-order valence-corrected chi connectivity index (χ4v) is 4.62. The molecule has 2 fully saturated rings. The summed E-state index contributed by atoms with van der Waals surface area (Å²) in [5.74, 6) is 0.291. The van der Waals surface area contributed by atoms with Crippen molar-refractivity contribution in [2.24, 2.45) is 0 Å². The summed E-state index contributed by atoms with van der Waals surface area (Å²) < 4.78 is 6.27. The molecule has 0 bridgehead atoms. The molecule has 4 heteroatoms. The maximum Gasteiger partial charge on any atom is 0.222 e. The summed E-state index contributed by atoms with van der Waals surface area (Å²) >= 11 is 0. The van der Waals surface area contributed by atoms with E-state index >= 15 is 0 Å². The van der Waals surface area contributed by atoms with Gasteiger partial charge in [0.1, 0.15) is 0 Å². The molecule has 0 N–H and O–H groups in total. The van der Waals surface area contributed by atoms with Gasteiger partial charge in [0, 0.05) is 32.2 Å². The number of carbonyl (C=O) groups excluding carboxylic acids is 1. The summed E-state index contributed by atoms with van der Waals surface area (Å²) in [5.41, 5.74) is 1.24. The number of rotatable bonds is 6. The topological polar surface area (TPSA) is 32.8 Å². The lowest BCUT2D eigenvalue weighted by Gasteiger charge is -2.48. The minimum atomic E-state index is 0.00170. The van der Waals surface area contributed by atoms with Gasteiger partial charge in [-0.15, -0.1) is 0 Å². The monoisotopic (exact) mass is 358 g/mol. The van der Waals surface area contributed by atoms with E-state index in [4.69, 9.17) is 4.74 Å². The summed E-state index contributed by atoms with van der Waals surface area (Å²) in [4.78, 5) is 17.2. The van der Waals surface area contributed by atoms with Crippen LogP contribution in [0.4, 0.5) is 0 Å². The Balaban J connectivity index is 1.49. The largest absolute Gasteiger partial charge is 0.375 e. The Hall–Kier alpha value is -1.39. The zero-order valence-electron chi connectivity index (χ0n) is 16.5. The SMILES string of the molecule is CCN(CC)C1CCOC2(CCN(C(=O)CCc3ccccc3)CC2)C1. The smallest absolute Gasteiger partial charge is 0.222 e. The number of aryl methyl sites for hydroxylation is 1. The second-order valence-electron chi connectivity index (χ2n) is 7.77. The highest BCUT2D eigenvalue weighted by atomic mass is 16.5. The molecule has 2 saturated heterocycles. The number of amides is 1. The minimum Gasteiger partial charge on any atom is -0.375 e. The molecule has 1 aromatic carbocycles. The number of nitrogens with zero attached hydrogens (tertiary/aromatic N) is 2. The third-order valence-corrected chi connectivity index (χ3v) is 6.29.